The second-order valence-electron chi connectivity index (χ2n) is 2.73. The molecule has 0 unspecified atom stereocenters. The van der Waals surface area contributed by atoms with E-state index in [1.54, 1.807) is 6.92 Å². The Balaban J connectivity index is 3.87. The van der Waals surface area contributed by atoms with Crippen LogP contribution in [-0.4, -0.2) is 43.5 Å². The number of carbonyl (C=O) groups is 3. The summed E-state index contributed by atoms with van der Waals surface area (Å²) in [7, 11) is 3.06. The molecular formula is C8H14N2O4. The zero-order valence-electron chi connectivity index (χ0n) is 8.49. The first-order valence-corrected chi connectivity index (χ1v) is 4.14. The average molecular weight is 202 g/mol. The Kier molecular flexibility index (Phi) is 5.28. The van der Waals surface area contributed by atoms with Crippen LogP contribution < -0.4 is 5.32 Å². The molecule has 14 heavy (non-hydrogen) atoms. The van der Waals surface area contributed by atoms with Crippen molar-refractivity contribution in [2.75, 3.05) is 20.7 Å². The van der Waals surface area contributed by atoms with E-state index in [9.17, 15) is 14.4 Å². The van der Waals surface area contributed by atoms with Crippen molar-refractivity contribution in [3.05, 3.63) is 0 Å². The predicted octanol–water partition coefficient (Wildman–Crippen LogP) is -0.263. The van der Waals surface area contributed by atoms with E-state index in [-0.39, 0.29) is 18.9 Å². The summed E-state index contributed by atoms with van der Waals surface area (Å²) < 4.78 is 4.46. The molecule has 80 valence electrons. The van der Waals surface area contributed by atoms with Gasteiger partial charge >= 0.3 is 6.09 Å². The van der Waals surface area contributed by atoms with Crippen molar-refractivity contribution in [1.82, 2.24) is 10.2 Å². The Morgan fingerprint density at radius 2 is 1.86 bits per heavy atom. The van der Waals surface area contributed by atoms with Gasteiger partial charge in [0.25, 0.3) is 0 Å². The number of carbonyl (C=O) groups excluding carboxylic acids is 3. The molecule has 3 amide bonds. The Bertz CT molecular complexity index is 237. The average Bonchev–Trinajstić information content (AvgIpc) is 2.03. The van der Waals surface area contributed by atoms with Crippen LogP contribution >= 0.6 is 0 Å². The fraction of sp³-hybridized carbons (Fsp3) is 0.625. The first kappa shape index (κ1) is 12.4. The number of amides is 3. The van der Waals surface area contributed by atoms with Gasteiger partial charge < -0.3 is 9.64 Å². The molecule has 0 aliphatic heterocycles. The lowest BCUT2D eigenvalue weighted by Crippen LogP contribution is -2.35. The third kappa shape index (κ3) is 5.13. The zero-order valence-corrected chi connectivity index (χ0v) is 8.49. The fourth-order valence-electron chi connectivity index (χ4n) is 0.621. The second-order valence-corrected chi connectivity index (χ2v) is 2.73. The monoisotopic (exact) mass is 202 g/mol. The molecule has 0 aliphatic rings. The van der Waals surface area contributed by atoms with Crippen LogP contribution in [0.15, 0.2) is 0 Å². The van der Waals surface area contributed by atoms with Gasteiger partial charge in [0, 0.05) is 14.1 Å². The van der Waals surface area contributed by atoms with Gasteiger partial charge in [-0.2, -0.15) is 0 Å². The van der Waals surface area contributed by atoms with Crippen molar-refractivity contribution in [3.8, 4) is 0 Å². The highest BCUT2D eigenvalue weighted by molar-refractivity contribution is 6.02. The quantitative estimate of drug-likeness (QED) is 0.639. The molecule has 0 saturated carbocycles. The van der Waals surface area contributed by atoms with Crippen LogP contribution in [0.25, 0.3) is 0 Å². The van der Waals surface area contributed by atoms with Gasteiger partial charge in [0.15, 0.2) is 0 Å². The van der Waals surface area contributed by atoms with Gasteiger partial charge in [0.2, 0.25) is 11.8 Å². The van der Waals surface area contributed by atoms with Gasteiger partial charge in [-0.1, -0.05) is 0 Å². The topological polar surface area (TPSA) is 75.7 Å². The van der Waals surface area contributed by atoms with E-state index < -0.39 is 12.0 Å². The summed E-state index contributed by atoms with van der Waals surface area (Å²) in [4.78, 5) is 34.0. The molecule has 1 N–H and O–H groups in total. The summed E-state index contributed by atoms with van der Waals surface area (Å²) in [6.07, 6.45) is -1.18. The van der Waals surface area contributed by atoms with Crippen molar-refractivity contribution in [2.24, 2.45) is 0 Å². The van der Waals surface area contributed by atoms with Crippen LogP contribution in [-0.2, 0) is 14.3 Å². The molecule has 0 bridgehead atoms. The van der Waals surface area contributed by atoms with Crippen molar-refractivity contribution in [2.45, 2.75) is 13.3 Å². The molecule has 6 heteroatoms. The number of ether oxygens (including phenoxy) is 1. The van der Waals surface area contributed by atoms with E-state index in [0.717, 1.165) is 0 Å². The van der Waals surface area contributed by atoms with Crippen molar-refractivity contribution in [3.63, 3.8) is 0 Å². The van der Waals surface area contributed by atoms with Crippen LogP contribution in [0.2, 0.25) is 0 Å². The number of hydrogen-bond acceptors (Lipinski definition) is 4. The van der Waals surface area contributed by atoms with Gasteiger partial charge in [-0.3, -0.25) is 14.9 Å². The molecule has 0 atom stereocenters. The molecule has 0 heterocycles. The highest BCUT2D eigenvalue weighted by Gasteiger charge is 2.13. The standard InChI is InChI=1S/C8H14N2O4/c1-4-14-8(13)9-6(11)5-7(12)10(2)3/h4-5H2,1-3H3,(H,9,11,13). The number of nitrogens with one attached hydrogen (secondary N) is 1. The molecule has 0 aromatic heterocycles. The van der Waals surface area contributed by atoms with Crippen LogP contribution in [0, 0.1) is 0 Å². The van der Waals surface area contributed by atoms with E-state index in [2.05, 4.69) is 4.74 Å². The maximum atomic E-state index is 11.0. The summed E-state index contributed by atoms with van der Waals surface area (Å²) in [5, 5.41) is 1.92. The summed E-state index contributed by atoms with van der Waals surface area (Å²) in [5.74, 6) is -1.03. The molecular weight excluding hydrogens is 188 g/mol. The first-order valence-electron chi connectivity index (χ1n) is 4.14. The van der Waals surface area contributed by atoms with Crippen LogP contribution in [0.3, 0.4) is 0 Å². The minimum absolute atomic E-state index is 0.181. The van der Waals surface area contributed by atoms with Gasteiger partial charge in [0.1, 0.15) is 6.42 Å². The number of imide groups is 1. The first-order chi connectivity index (χ1) is 6.47. The summed E-state index contributed by atoms with van der Waals surface area (Å²) in [6.45, 7) is 1.80. The summed E-state index contributed by atoms with van der Waals surface area (Å²) >= 11 is 0. The van der Waals surface area contributed by atoms with Crippen LogP contribution in [0.1, 0.15) is 13.3 Å². The molecule has 0 aromatic rings. The zero-order chi connectivity index (χ0) is 11.1. The van der Waals surface area contributed by atoms with E-state index in [1.807, 2.05) is 5.32 Å². The number of hydrogen-bond donors (Lipinski definition) is 1. The van der Waals surface area contributed by atoms with E-state index in [4.69, 9.17) is 0 Å². The maximum Gasteiger partial charge on any atom is 0.413 e. The van der Waals surface area contributed by atoms with E-state index in [0.29, 0.717) is 0 Å². The lowest BCUT2D eigenvalue weighted by atomic mass is 10.3. The number of rotatable bonds is 3. The smallest absolute Gasteiger partial charge is 0.413 e. The largest absolute Gasteiger partial charge is 0.450 e. The number of nitrogens with zero attached hydrogens (tertiary/aromatic N) is 1. The summed E-state index contributed by atoms with van der Waals surface area (Å²) in [5.41, 5.74) is 0. The van der Waals surface area contributed by atoms with Crippen molar-refractivity contribution >= 4 is 17.9 Å². The molecule has 0 aromatic carbocycles. The third-order valence-corrected chi connectivity index (χ3v) is 1.33. The molecule has 0 rings (SSSR count). The molecule has 0 aliphatic carbocycles. The lowest BCUT2D eigenvalue weighted by molar-refractivity contribution is -0.133. The van der Waals surface area contributed by atoms with Crippen molar-refractivity contribution in [1.29, 1.82) is 0 Å². The normalized spacial score (nSPS) is 9.07. The molecule has 0 fully saturated rings. The third-order valence-electron chi connectivity index (χ3n) is 1.33. The fourth-order valence-corrected chi connectivity index (χ4v) is 0.621. The molecule has 0 radical (unpaired) electrons. The van der Waals surface area contributed by atoms with Crippen LogP contribution in [0.4, 0.5) is 4.79 Å². The Morgan fingerprint density at radius 3 is 2.29 bits per heavy atom. The van der Waals surface area contributed by atoms with Gasteiger partial charge in [-0.25, -0.2) is 4.79 Å². The predicted molar refractivity (Wildman–Crippen MR) is 48.5 cm³/mol. The Labute approximate surface area is 82.2 Å². The SMILES string of the molecule is CCOC(=O)NC(=O)CC(=O)N(C)C. The summed E-state index contributed by atoms with van der Waals surface area (Å²) in [6, 6.07) is 0. The van der Waals surface area contributed by atoms with Crippen molar-refractivity contribution < 1.29 is 19.1 Å². The molecule has 0 spiro atoms. The van der Waals surface area contributed by atoms with E-state index in [1.165, 1.54) is 19.0 Å². The van der Waals surface area contributed by atoms with E-state index >= 15 is 0 Å². The van der Waals surface area contributed by atoms with Gasteiger partial charge in [-0.05, 0) is 6.92 Å². The minimum Gasteiger partial charge on any atom is -0.450 e. The maximum absolute atomic E-state index is 11.0. The van der Waals surface area contributed by atoms with Crippen LogP contribution in [0.5, 0.6) is 0 Å². The second kappa shape index (κ2) is 5.95. The number of alkyl carbamates (subject to hydrolysis) is 1. The lowest BCUT2D eigenvalue weighted by Gasteiger charge is -2.09. The minimum atomic E-state index is -0.830. The highest BCUT2D eigenvalue weighted by atomic mass is 16.5. The van der Waals surface area contributed by atoms with Gasteiger partial charge in [-0.15, -0.1) is 0 Å². The Morgan fingerprint density at radius 1 is 1.29 bits per heavy atom. The highest BCUT2D eigenvalue weighted by Crippen LogP contribution is 1.87. The molecule has 0 saturated heterocycles. The Hall–Kier alpha value is -1.59. The molecule has 6 nitrogen and oxygen atoms in total. The van der Waals surface area contributed by atoms with Gasteiger partial charge in [0.05, 0.1) is 6.61 Å².